The van der Waals surface area contributed by atoms with Crippen LogP contribution in [-0.4, -0.2) is 150 Å². The van der Waals surface area contributed by atoms with Gasteiger partial charge in [-0.1, -0.05) is 5.11 Å². The van der Waals surface area contributed by atoms with E-state index in [1.807, 2.05) is 0 Å². The van der Waals surface area contributed by atoms with Gasteiger partial charge in [0.05, 0.1) is 0 Å². The van der Waals surface area contributed by atoms with Crippen LogP contribution < -0.4 is 21.3 Å². The molecule has 0 aromatic heterocycles. The highest BCUT2D eigenvalue weighted by molar-refractivity contribution is 6.01. The molecule has 2 unspecified atom stereocenters. The molecule has 25 heteroatoms. The van der Waals surface area contributed by atoms with Crippen molar-refractivity contribution < 1.29 is 78.6 Å². The minimum absolute atomic E-state index is 0.0232. The summed E-state index contributed by atoms with van der Waals surface area (Å²) in [5.41, 5.74) is 9.15. The van der Waals surface area contributed by atoms with Crippen LogP contribution in [0.2, 0.25) is 0 Å². The van der Waals surface area contributed by atoms with E-state index in [4.69, 9.17) is 15.7 Å². The molecule has 0 spiro atoms. The Hall–Kier alpha value is -7.17. The second-order valence-electron chi connectivity index (χ2n) is 14.6. The van der Waals surface area contributed by atoms with E-state index in [-0.39, 0.29) is 67.7 Å². The first-order valence-corrected chi connectivity index (χ1v) is 19.0. The average Bonchev–Trinajstić information content (AvgIpc) is 3.20. The number of carbonyl (C=O) groups is 10. The van der Waals surface area contributed by atoms with Crippen molar-refractivity contribution in [1.29, 1.82) is 0 Å². The quantitative estimate of drug-likeness (QED) is 0.0472. The smallest absolute Gasteiger partial charge is 0.326 e. The molecule has 1 aromatic carbocycles. The van der Waals surface area contributed by atoms with Gasteiger partial charge in [-0.3, -0.25) is 19.2 Å². The fourth-order valence-electron chi connectivity index (χ4n) is 6.95. The number of likely N-dealkylation sites (tertiary alicyclic amines) is 2. The van der Waals surface area contributed by atoms with Crippen LogP contribution in [-0.2, 0) is 28.8 Å². The van der Waals surface area contributed by atoms with Gasteiger partial charge in [0.25, 0.3) is 11.8 Å². The Balaban J connectivity index is 1.59. The zero-order valence-electron chi connectivity index (χ0n) is 32.6. The number of piperidine rings is 2. The predicted octanol–water partition coefficient (Wildman–Crippen LogP) is 1.25. The van der Waals surface area contributed by atoms with Crippen molar-refractivity contribution in [3.8, 4) is 0 Å². The standard InChI is InChI=1S/C36H47N9O16/c37-43-42-22-16-20(29(50)44-9-5-18(6-10-44)13-25(33(56)57)40-35(60)38-23(31(52)53)1-3-27(46)47)15-21(17-22)30(51)45-11-7-19(8-12-45)14-26(34(58)59)41-36(61)39-24(32(54)55)2-4-28(48)49/h15-19,23-26H,1-14H2,(H,46,47)(H,48,49)(H,52,53)(H,54,55)(H,56,57)(H,58,59)(H2,38,40,60)(H2,39,41,61)/t23?,24?,25-,26+. The Morgan fingerprint density at radius 1 is 0.574 bits per heavy atom. The molecule has 332 valence electrons. The number of carbonyl (C=O) groups excluding carboxylic acids is 4. The van der Waals surface area contributed by atoms with Crippen molar-refractivity contribution in [3.63, 3.8) is 0 Å². The fraction of sp³-hybridized carbons (Fsp3) is 0.556. The van der Waals surface area contributed by atoms with Crippen LogP contribution in [0, 0.1) is 11.8 Å². The Bertz CT molecular complexity index is 1780. The van der Waals surface area contributed by atoms with Crippen molar-refractivity contribution in [1.82, 2.24) is 31.1 Å². The maximum atomic E-state index is 13.7. The van der Waals surface area contributed by atoms with Crippen LogP contribution in [0.3, 0.4) is 0 Å². The number of urea groups is 2. The van der Waals surface area contributed by atoms with Gasteiger partial charge in [0.2, 0.25) is 0 Å². The molecule has 2 aliphatic rings. The number of nitrogens with one attached hydrogen (secondary N) is 4. The third kappa shape index (κ3) is 15.5. The van der Waals surface area contributed by atoms with Gasteiger partial charge in [-0.2, -0.15) is 0 Å². The molecule has 61 heavy (non-hydrogen) atoms. The van der Waals surface area contributed by atoms with E-state index in [0.717, 1.165) is 0 Å². The molecule has 2 heterocycles. The summed E-state index contributed by atoms with van der Waals surface area (Å²) in [5, 5.41) is 67.8. The lowest BCUT2D eigenvalue weighted by molar-refractivity contribution is -0.142. The summed E-state index contributed by atoms with van der Waals surface area (Å²) in [6.45, 7) is 0.609. The first-order valence-electron chi connectivity index (χ1n) is 19.0. The topological polar surface area (TPSA) is 395 Å². The molecule has 0 bridgehead atoms. The zero-order valence-corrected chi connectivity index (χ0v) is 32.6. The third-order valence-corrected chi connectivity index (χ3v) is 10.2. The summed E-state index contributed by atoms with van der Waals surface area (Å²) < 4.78 is 0. The summed E-state index contributed by atoms with van der Waals surface area (Å²) in [4.78, 5) is 126. The summed E-state index contributed by atoms with van der Waals surface area (Å²) in [6, 6.07) is -4.27. The molecule has 0 radical (unpaired) electrons. The molecule has 2 fully saturated rings. The number of azide groups is 1. The van der Waals surface area contributed by atoms with E-state index in [2.05, 4.69) is 31.3 Å². The van der Waals surface area contributed by atoms with Gasteiger partial charge in [0.15, 0.2) is 0 Å². The minimum Gasteiger partial charge on any atom is -0.481 e. The van der Waals surface area contributed by atoms with Crippen LogP contribution in [0.25, 0.3) is 10.4 Å². The lowest BCUT2D eigenvalue weighted by Crippen LogP contribution is -2.52. The maximum absolute atomic E-state index is 13.7. The Kier molecular flexibility index (Phi) is 18.0. The summed E-state index contributed by atoms with van der Waals surface area (Å²) >= 11 is 0. The number of amides is 6. The Morgan fingerprint density at radius 2 is 0.902 bits per heavy atom. The van der Waals surface area contributed by atoms with Gasteiger partial charge in [0.1, 0.15) is 24.2 Å². The lowest BCUT2D eigenvalue weighted by Gasteiger charge is -2.34. The molecule has 0 saturated carbocycles. The molecule has 2 saturated heterocycles. The summed E-state index contributed by atoms with van der Waals surface area (Å²) in [5.74, 6) is -9.96. The largest absolute Gasteiger partial charge is 0.481 e. The van der Waals surface area contributed by atoms with E-state index in [9.17, 15) is 68.4 Å². The van der Waals surface area contributed by atoms with Gasteiger partial charge in [0, 0.05) is 60.7 Å². The van der Waals surface area contributed by atoms with Gasteiger partial charge < -0.3 is 61.7 Å². The Morgan fingerprint density at radius 3 is 1.20 bits per heavy atom. The summed E-state index contributed by atoms with van der Waals surface area (Å²) in [7, 11) is 0. The van der Waals surface area contributed by atoms with Crippen LogP contribution in [0.1, 0.15) is 84.9 Å². The SMILES string of the molecule is [N-]=[N+]=Nc1cc(C(=O)N2CCC(C[C@H](NC(=O)NC(CCC(=O)O)C(=O)O)C(=O)O)CC2)cc(C(=O)N2CCC(C[C@@H](NC(=O)NC(CCC(=O)O)C(=O)O)C(=O)O)CC2)c1. The Labute approximate surface area is 346 Å². The summed E-state index contributed by atoms with van der Waals surface area (Å²) in [6.07, 6.45) is -0.835. The molecule has 1 aromatic rings. The molecular formula is C36H47N9O16. The highest BCUT2D eigenvalue weighted by Gasteiger charge is 2.33. The molecule has 6 amide bonds. The molecule has 2 aliphatic heterocycles. The molecule has 25 nitrogen and oxygen atoms in total. The number of aliphatic carboxylic acids is 6. The fourth-order valence-corrected chi connectivity index (χ4v) is 6.95. The highest BCUT2D eigenvalue weighted by Crippen LogP contribution is 2.28. The van der Waals surface area contributed by atoms with Gasteiger partial charge >= 0.3 is 47.9 Å². The van der Waals surface area contributed by atoms with E-state index < -0.39 is 110 Å². The van der Waals surface area contributed by atoms with Crippen LogP contribution >= 0.6 is 0 Å². The van der Waals surface area contributed by atoms with Crippen LogP contribution in [0.4, 0.5) is 15.3 Å². The number of nitrogens with zero attached hydrogens (tertiary/aromatic N) is 5. The van der Waals surface area contributed by atoms with Gasteiger partial charge in [-0.05, 0) is 86.9 Å². The average molecular weight is 862 g/mol. The van der Waals surface area contributed by atoms with Gasteiger partial charge in [-0.25, -0.2) is 28.8 Å². The van der Waals surface area contributed by atoms with Gasteiger partial charge in [-0.15, -0.1) is 0 Å². The number of carboxylic acid groups (broad SMARTS) is 6. The number of hydrogen-bond donors (Lipinski definition) is 10. The number of hydrogen-bond acceptors (Lipinski definition) is 11. The van der Waals surface area contributed by atoms with E-state index in [1.165, 1.54) is 28.0 Å². The minimum atomic E-state index is -1.57. The molecule has 0 aliphatic carbocycles. The maximum Gasteiger partial charge on any atom is 0.326 e. The monoisotopic (exact) mass is 861 g/mol. The van der Waals surface area contributed by atoms with Crippen molar-refractivity contribution in [2.75, 3.05) is 26.2 Å². The van der Waals surface area contributed by atoms with E-state index >= 15 is 0 Å². The number of carboxylic acids is 6. The van der Waals surface area contributed by atoms with Crippen molar-refractivity contribution >= 4 is 65.4 Å². The lowest BCUT2D eigenvalue weighted by atomic mass is 9.89. The molecular weight excluding hydrogens is 814 g/mol. The second kappa shape index (κ2) is 22.8. The molecule has 3 rings (SSSR count). The van der Waals surface area contributed by atoms with Crippen LogP contribution in [0.5, 0.6) is 0 Å². The van der Waals surface area contributed by atoms with E-state index in [0.29, 0.717) is 25.7 Å². The zero-order chi connectivity index (χ0) is 45.4. The first kappa shape index (κ1) is 48.2. The van der Waals surface area contributed by atoms with Crippen LogP contribution in [0.15, 0.2) is 23.3 Å². The van der Waals surface area contributed by atoms with E-state index in [1.54, 1.807) is 0 Å². The number of benzene rings is 1. The number of rotatable bonds is 21. The van der Waals surface area contributed by atoms with Crippen molar-refractivity contribution in [2.45, 2.75) is 88.4 Å². The van der Waals surface area contributed by atoms with Crippen molar-refractivity contribution in [2.24, 2.45) is 17.0 Å². The third-order valence-electron chi connectivity index (χ3n) is 10.2. The van der Waals surface area contributed by atoms with Crippen molar-refractivity contribution in [3.05, 3.63) is 39.8 Å². The predicted molar refractivity (Wildman–Crippen MR) is 205 cm³/mol. The second-order valence-corrected chi connectivity index (χ2v) is 14.6. The highest BCUT2D eigenvalue weighted by atomic mass is 16.4. The normalized spacial score (nSPS) is 16.3. The first-order chi connectivity index (χ1) is 28.8. The molecule has 4 atom stereocenters. The molecule has 10 N–H and O–H groups in total.